The first-order valence-corrected chi connectivity index (χ1v) is 32.0. The molecule has 19 nitrogen and oxygen atoms in total. The highest BCUT2D eigenvalue weighted by Gasteiger charge is 2.27. The van der Waals surface area contributed by atoms with Gasteiger partial charge in [-0.05, 0) is 198 Å². The van der Waals surface area contributed by atoms with Crippen LogP contribution in [0.5, 0.6) is 17.2 Å². The van der Waals surface area contributed by atoms with E-state index in [0.717, 1.165) is 70.2 Å². The van der Waals surface area contributed by atoms with E-state index < -0.39 is 41.7 Å². The Bertz CT molecular complexity index is 3990. The molecule has 6 aromatic heterocycles. The largest absolute Gasteiger partial charge is 0.482 e. The van der Waals surface area contributed by atoms with E-state index in [1.807, 2.05) is 33.0 Å². The van der Waals surface area contributed by atoms with Crippen molar-refractivity contribution >= 4 is 102 Å². The van der Waals surface area contributed by atoms with Crippen molar-refractivity contribution in [2.24, 2.45) is 0 Å². The first kappa shape index (κ1) is 69.4. The van der Waals surface area contributed by atoms with Gasteiger partial charge in [0, 0.05) is 96.9 Å². The number of ether oxygens (including phenoxy) is 3. The lowest BCUT2D eigenvalue weighted by atomic mass is 10.00. The molecule has 90 heavy (non-hydrogen) atoms. The number of nitrogens with one attached hydrogen (secondary N) is 1. The predicted molar refractivity (Wildman–Crippen MR) is 352 cm³/mol. The van der Waals surface area contributed by atoms with Crippen molar-refractivity contribution in [2.45, 2.75) is 98.8 Å². The number of halogens is 5. The number of aromatic carboxylic acids is 1. The number of aromatic nitrogens is 6. The summed E-state index contributed by atoms with van der Waals surface area (Å²) in [7, 11) is 5.39. The Balaban J connectivity index is 0.000000180. The second-order valence-electron chi connectivity index (χ2n) is 20.4. The van der Waals surface area contributed by atoms with Crippen molar-refractivity contribution in [3.63, 3.8) is 0 Å². The number of anilines is 3. The topological polar surface area (TPSA) is 273 Å². The fraction of sp³-hybridized carbons (Fsp3) is 0.286. The molecule has 7 heterocycles. The number of carbonyl (C=O) groups is 3. The van der Waals surface area contributed by atoms with Gasteiger partial charge in [0.15, 0.2) is 34.7 Å². The van der Waals surface area contributed by atoms with Crippen molar-refractivity contribution in [2.75, 3.05) is 38.3 Å². The van der Waals surface area contributed by atoms with Gasteiger partial charge in [-0.3, -0.25) is 9.59 Å². The number of nitrogen functional groups attached to an aromatic ring is 3. The number of pyridine rings is 3. The Kier molecular flexibility index (Phi) is 24.7. The normalized spacial score (nSPS) is 13.2. The standard InChI is InChI=1S/C21H22BrFN4O2S.C21H21FN4O2S.C14H12BrFN2O3.C7H12N2S/c1-4-15-9-16(30-26-15)11-27(3)21(28)17-6-5-14(23)8-18(17)12(2)29-19-7-13(22)10-25-20(19)24;1-4-16-19-12-7-17(20(23)24-9-12)28-11(2)15-8-13(22)5-6-14(15)21(27)26(3)10-18(19)29-25-16;1-7(21-12-4-8(15)6-18-13(12)17)11-5-9(16)2-3-10(11)14(19)20;1-3-6-4-7(5-8-2)10-9-6/h5-10,12H,4,11H2,1-3H3,(H2,24,25);5-9,11H,4,10H2,1-3H3,(H2,23,24);2-7H,1H3,(H2,17,18)(H,19,20);4,8H,3,5H2,1-2H3/t12-;11-;7-;/m111./s1. The van der Waals surface area contributed by atoms with E-state index >= 15 is 0 Å². The molecule has 0 saturated heterocycles. The molecule has 2 amide bonds. The fourth-order valence-corrected chi connectivity index (χ4v) is 12.4. The monoisotopic (exact) mass is 1410 g/mol. The van der Waals surface area contributed by atoms with Crippen LogP contribution in [-0.2, 0) is 38.9 Å². The zero-order valence-corrected chi connectivity index (χ0v) is 56.2. The first-order chi connectivity index (χ1) is 42.9. The summed E-state index contributed by atoms with van der Waals surface area (Å²) in [5, 5.41) is 12.2. The lowest BCUT2D eigenvalue weighted by Crippen LogP contribution is -2.28. The van der Waals surface area contributed by atoms with E-state index in [1.165, 1.54) is 82.3 Å². The van der Waals surface area contributed by atoms with Crippen molar-refractivity contribution in [1.29, 1.82) is 0 Å². The lowest BCUT2D eigenvalue weighted by Gasteiger charge is -2.24. The van der Waals surface area contributed by atoms with E-state index in [9.17, 15) is 27.6 Å². The highest BCUT2D eigenvalue weighted by Crippen LogP contribution is 2.39. The van der Waals surface area contributed by atoms with Crippen LogP contribution < -0.4 is 36.7 Å². The second kappa shape index (κ2) is 32.1. The van der Waals surface area contributed by atoms with Gasteiger partial charge in [-0.2, -0.15) is 13.1 Å². The maximum absolute atomic E-state index is 14.0. The third-order valence-corrected chi connectivity index (χ3v) is 17.1. The number of rotatable bonds is 15. The molecule has 3 atom stereocenters. The molecule has 27 heteroatoms. The van der Waals surface area contributed by atoms with Gasteiger partial charge in [-0.15, -0.1) is 0 Å². The minimum Gasteiger partial charge on any atom is -0.482 e. The average Bonchev–Trinajstić information content (AvgIpc) is 1.67. The van der Waals surface area contributed by atoms with E-state index in [4.69, 9.17) is 36.5 Å². The summed E-state index contributed by atoms with van der Waals surface area (Å²) in [6.07, 6.45) is 5.48. The Morgan fingerprint density at radius 1 is 0.744 bits per heavy atom. The quantitative estimate of drug-likeness (QED) is 0.0638. The predicted octanol–water partition coefficient (Wildman–Crippen LogP) is 14.0. The molecule has 3 aromatic carbocycles. The molecule has 0 unspecified atom stereocenters. The number of aryl methyl sites for hydroxylation is 3. The minimum atomic E-state index is -1.15. The van der Waals surface area contributed by atoms with Crippen LogP contribution in [-0.4, -0.2) is 81.9 Å². The van der Waals surface area contributed by atoms with Crippen molar-refractivity contribution in [3.05, 3.63) is 195 Å². The smallest absolute Gasteiger partial charge is 0.336 e. The summed E-state index contributed by atoms with van der Waals surface area (Å²) in [4.78, 5) is 56.2. The second-order valence-corrected chi connectivity index (χ2v) is 24.8. The molecule has 8 N–H and O–H groups in total. The van der Waals surface area contributed by atoms with Crippen molar-refractivity contribution < 1.29 is 46.9 Å². The highest BCUT2D eigenvalue weighted by molar-refractivity contribution is 9.10. The van der Waals surface area contributed by atoms with Crippen molar-refractivity contribution in [1.82, 2.24) is 43.2 Å². The molecule has 1 aliphatic rings. The Morgan fingerprint density at radius 3 is 1.83 bits per heavy atom. The Labute approximate surface area is 548 Å². The summed E-state index contributed by atoms with van der Waals surface area (Å²) < 4.78 is 73.4. The number of carboxylic acid groups (broad SMARTS) is 1. The Morgan fingerprint density at radius 2 is 1.28 bits per heavy atom. The third-order valence-electron chi connectivity index (χ3n) is 13.8. The van der Waals surface area contributed by atoms with E-state index in [1.54, 1.807) is 80.7 Å². The number of benzene rings is 3. The number of nitrogens with two attached hydrogens (primary N) is 3. The van der Waals surface area contributed by atoms with Gasteiger partial charge in [0.05, 0.1) is 40.6 Å². The first-order valence-electron chi connectivity index (χ1n) is 28.1. The van der Waals surface area contributed by atoms with Gasteiger partial charge in [0.2, 0.25) is 0 Å². The number of fused-ring (bicyclic) bond motifs is 5. The molecule has 0 radical (unpaired) electrons. The minimum absolute atomic E-state index is 0.0228. The van der Waals surface area contributed by atoms with Gasteiger partial charge in [-0.1, -0.05) is 20.8 Å². The summed E-state index contributed by atoms with van der Waals surface area (Å²) in [6.45, 7) is 13.1. The maximum atomic E-state index is 14.0. The zero-order chi connectivity index (χ0) is 65.5. The molecule has 0 saturated carbocycles. The van der Waals surface area contributed by atoms with E-state index in [0.29, 0.717) is 55.8 Å². The van der Waals surface area contributed by atoms with Crippen LogP contribution in [0.3, 0.4) is 0 Å². The SMILES string of the molecule is CCc1cc(CN(C)C(=O)c2ccc(F)cc2[C@@H](C)Oc2cc(Br)cnc2N)sn1.CCc1cc(CNC)sn1.CCc1nsc2c1-c1cnc(N)c(c1)O[C@H](C)c1cc(F)ccc1C(=O)N(C)C2.C[C@@H](Oc1cc(Br)cnc1N)c1cc(F)ccc1C(=O)O. The van der Waals surface area contributed by atoms with Gasteiger partial charge in [0.25, 0.3) is 11.8 Å². The number of hydrogen-bond acceptors (Lipinski definition) is 19. The third kappa shape index (κ3) is 18.1. The number of carbonyl (C=O) groups excluding carboxylic acids is 2. The molecule has 0 fully saturated rings. The summed E-state index contributed by atoms with van der Waals surface area (Å²) in [6, 6.07) is 20.9. The molecule has 0 spiro atoms. The molecular weight excluding hydrogens is 1350 g/mol. The average molecular weight is 1420 g/mol. The zero-order valence-electron chi connectivity index (χ0n) is 50.6. The number of carboxylic acids is 1. The fourth-order valence-electron chi connectivity index (χ4n) is 9.11. The van der Waals surface area contributed by atoms with Gasteiger partial charge in [0.1, 0.15) is 35.8 Å². The summed E-state index contributed by atoms with van der Waals surface area (Å²) in [5.74, 6) is -1.35. The highest BCUT2D eigenvalue weighted by atomic mass is 79.9. The van der Waals surface area contributed by atoms with E-state index in [2.05, 4.69) is 78.2 Å². The molecule has 2 bridgehead atoms. The van der Waals surface area contributed by atoms with Crippen LogP contribution in [0.15, 0.2) is 112 Å². The van der Waals surface area contributed by atoms with Gasteiger partial charge < -0.3 is 51.6 Å². The van der Waals surface area contributed by atoms with Crippen LogP contribution in [0.4, 0.5) is 30.6 Å². The molecular formula is C63H67Br2F3N12O7S3. The van der Waals surface area contributed by atoms with Crippen LogP contribution in [0.1, 0.15) is 139 Å². The van der Waals surface area contributed by atoms with Crippen LogP contribution in [0.2, 0.25) is 0 Å². The van der Waals surface area contributed by atoms with Crippen LogP contribution in [0.25, 0.3) is 11.1 Å². The molecule has 10 rings (SSSR count). The lowest BCUT2D eigenvalue weighted by molar-refractivity contribution is 0.0690. The number of amides is 2. The van der Waals surface area contributed by atoms with Crippen LogP contribution in [0, 0.1) is 17.5 Å². The Hall–Kier alpha value is -8.08. The molecule has 1 aliphatic heterocycles. The van der Waals surface area contributed by atoms with Gasteiger partial charge >= 0.3 is 5.97 Å². The molecule has 9 aromatic rings. The molecule has 474 valence electrons. The van der Waals surface area contributed by atoms with Crippen molar-refractivity contribution in [3.8, 4) is 28.4 Å². The molecule has 0 aliphatic carbocycles. The van der Waals surface area contributed by atoms with Crippen LogP contribution >= 0.6 is 66.5 Å². The number of hydrogen-bond donors (Lipinski definition) is 5. The van der Waals surface area contributed by atoms with E-state index in [-0.39, 0.29) is 46.1 Å². The van der Waals surface area contributed by atoms with Gasteiger partial charge in [-0.25, -0.2) is 32.9 Å². The summed E-state index contributed by atoms with van der Waals surface area (Å²) in [5.41, 5.74) is 24.4. The number of nitrogens with zero attached hydrogens (tertiary/aromatic N) is 8. The maximum Gasteiger partial charge on any atom is 0.336 e. The summed E-state index contributed by atoms with van der Waals surface area (Å²) >= 11 is 10.9.